The third-order valence-electron chi connectivity index (χ3n) is 4.66. The van der Waals surface area contributed by atoms with Gasteiger partial charge < -0.3 is 15.4 Å². The van der Waals surface area contributed by atoms with Crippen LogP contribution in [-0.4, -0.2) is 38.4 Å². The van der Waals surface area contributed by atoms with E-state index in [9.17, 15) is 0 Å². The minimum Gasteiger partial charge on any atom is -0.375 e. The van der Waals surface area contributed by atoms with Gasteiger partial charge in [0, 0.05) is 13.1 Å². The average molecular weight is 254 g/mol. The van der Waals surface area contributed by atoms with Crippen LogP contribution in [0, 0.1) is 5.41 Å². The molecule has 0 aromatic carbocycles. The number of hydrogen-bond donors (Lipinski definition) is 2. The highest BCUT2D eigenvalue weighted by Gasteiger charge is 2.40. The largest absolute Gasteiger partial charge is 0.375 e. The SMILES string of the molecule is C1CC(OC2CCC3(CC2)CNC3)CCN1.CC. The summed E-state index contributed by atoms with van der Waals surface area (Å²) >= 11 is 0. The minimum absolute atomic E-state index is 0.541. The van der Waals surface area contributed by atoms with Gasteiger partial charge in [-0.25, -0.2) is 0 Å². The zero-order chi connectivity index (χ0) is 12.8. The molecule has 2 aliphatic heterocycles. The molecule has 1 aliphatic carbocycles. The highest BCUT2D eigenvalue weighted by Crippen LogP contribution is 2.40. The van der Waals surface area contributed by atoms with Crippen molar-refractivity contribution in [3.63, 3.8) is 0 Å². The van der Waals surface area contributed by atoms with E-state index < -0.39 is 0 Å². The number of nitrogens with one attached hydrogen (secondary N) is 2. The van der Waals surface area contributed by atoms with Crippen molar-refractivity contribution in [1.82, 2.24) is 10.6 Å². The molecule has 2 N–H and O–H groups in total. The first-order chi connectivity index (χ1) is 8.86. The molecule has 3 nitrogen and oxygen atoms in total. The van der Waals surface area contributed by atoms with Crippen molar-refractivity contribution in [3.05, 3.63) is 0 Å². The second-order valence-electron chi connectivity index (χ2n) is 5.89. The lowest BCUT2D eigenvalue weighted by Gasteiger charge is -2.47. The van der Waals surface area contributed by atoms with Crippen LogP contribution in [0.1, 0.15) is 52.4 Å². The van der Waals surface area contributed by atoms with E-state index in [4.69, 9.17) is 4.74 Å². The zero-order valence-electron chi connectivity index (χ0n) is 12.1. The Bertz CT molecular complexity index is 225. The van der Waals surface area contributed by atoms with E-state index in [1.54, 1.807) is 0 Å². The number of piperidine rings is 1. The molecule has 0 unspecified atom stereocenters. The van der Waals surface area contributed by atoms with Gasteiger partial charge in [0.05, 0.1) is 12.2 Å². The van der Waals surface area contributed by atoms with Crippen molar-refractivity contribution in [2.45, 2.75) is 64.6 Å². The highest BCUT2D eigenvalue weighted by molar-refractivity contribution is 4.96. The molecule has 0 aromatic heterocycles. The Balaban J connectivity index is 0.000000574. The van der Waals surface area contributed by atoms with Gasteiger partial charge in [-0.3, -0.25) is 0 Å². The van der Waals surface area contributed by atoms with Crippen molar-refractivity contribution in [2.75, 3.05) is 26.2 Å². The molecule has 18 heavy (non-hydrogen) atoms. The average Bonchev–Trinajstić information content (AvgIpc) is 2.41. The summed E-state index contributed by atoms with van der Waals surface area (Å²) in [5.41, 5.74) is 0.675. The maximum Gasteiger partial charge on any atom is 0.0603 e. The summed E-state index contributed by atoms with van der Waals surface area (Å²) in [6, 6.07) is 0. The van der Waals surface area contributed by atoms with Crippen LogP contribution in [-0.2, 0) is 4.74 Å². The lowest BCUT2D eigenvalue weighted by Crippen LogP contribution is -2.55. The maximum absolute atomic E-state index is 6.23. The molecule has 0 aromatic rings. The second-order valence-corrected chi connectivity index (χ2v) is 5.89. The van der Waals surface area contributed by atoms with Gasteiger partial charge in [0.1, 0.15) is 0 Å². The standard InChI is InChI=1S/C13H24N2O.C2H6/c1-5-13(9-15-10-13)6-2-11(1)16-12-3-7-14-8-4-12;1-2/h11-12,14-15H,1-10H2;1-2H3. The van der Waals surface area contributed by atoms with Crippen LogP contribution in [0.2, 0.25) is 0 Å². The van der Waals surface area contributed by atoms with Crippen molar-refractivity contribution in [3.8, 4) is 0 Å². The summed E-state index contributed by atoms with van der Waals surface area (Å²) in [5.74, 6) is 0. The summed E-state index contributed by atoms with van der Waals surface area (Å²) in [6.07, 6.45) is 8.89. The molecule has 1 saturated carbocycles. The summed E-state index contributed by atoms with van der Waals surface area (Å²) in [4.78, 5) is 0. The van der Waals surface area contributed by atoms with Crippen LogP contribution in [0.25, 0.3) is 0 Å². The molecule has 0 bridgehead atoms. The number of hydrogen-bond acceptors (Lipinski definition) is 3. The summed E-state index contributed by atoms with van der Waals surface area (Å²) in [6.45, 7) is 8.80. The Hall–Kier alpha value is -0.120. The van der Waals surface area contributed by atoms with E-state index in [-0.39, 0.29) is 0 Å². The first-order valence-corrected chi connectivity index (χ1v) is 7.93. The van der Waals surface area contributed by atoms with Crippen molar-refractivity contribution >= 4 is 0 Å². The lowest BCUT2D eigenvalue weighted by molar-refractivity contribution is -0.0672. The molecule has 0 atom stereocenters. The predicted molar refractivity (Wildman–Crippen MR) is 75.9 cm³/mol. The zero-order valence-corrected chi connectivity index (χ0v) is 12.1. The molecular formula is C15H30N2O. The first-order valence-electron chi connectivity index (χ1n) is 7.93. The second kappa shape index (κ2) is 6.88. The highest BCUT2D eigenvalue weighted by atomic mass is 16.5. The van der Waals surface area contributed by atoms with E-state index in [1.165, 1.54) is 51.6 Å². The minimum atomic E-state index is 0.541. The van der Waals surface area contributed by atoms with E-state index in [1.807, 2.05) is 13.8 Å². The Morgan fingerprint density at radius 2 is 1.39 bits per heavy atom. The van der Waals surface area contributed by atoms with Crippen molar-refractivity contribution in [2.24, 2.45) is 5.41 Å². The van der Waals surface area contributed by atoms with Crippen LogP contribution in [0.4, 0.5) is 0 Å². The Labute approximate surface area is 112 Å². The first kappa shape index (κ1) is 14.3. The molecule has 0 amide bonds. The summed E-state index contributed by atoms with van der Waals surface area (Å²) in [5, 5.41) is 6.81. The van der Waals surface area contributed by atoms with Gasteiger partial charge in [0.15, 0.2) is 0 Å². The number of rotatable bonds is 2. The Kier molecular flexibility index (Phi) is 5.46. The lowest BCUT2D eigenvalue weighted by atomic mass is 9.69. The fourth-order valence-electron chi connectivity index (χ4n) is 3.38. The quantitative estimate of drug-likeness (QED) is 0.793. The van der Waals surface area contributed by atoms with E-state index >= 15 is 0 Å². The van der Waals surface area contributed by atoms with Gasteiger partial charge in [-0.2, -0.15) is 0 Å². The van der Waals surface area contributed by atoms with Gasteiger partial charge in [-0.15, -0.1) is 0 Å². The fourth-order valence-corrected chi connectivity index (χ4v) is 3.38. The summed E-state index contributed by atoms with van der Waals surface area (Å²) in [7, 11) is 0. The predicted octanol–water partition coefficient (Wildman–Crippen LogP) is 2.31. The maximum atomic E-state index is 6.23. The smallest absolute Gasteiger partial charge is 0.0603 e. The van der Waals surface area contributed by atoms with Crippen LogP contribution >= 0.6 is 0 Å². The van der Waals surface area contributed by atoms with Crippen molar-refractivity contribution < 1.29 is 4.74 Å². The molecule has 3 rings (SSSR count). The monoisotopic (exact) mass is 254 g/mol. The van der Waals surface area contributed by atoms with Gasteiger partial charge in [0.2, 0.25) is 0 Å². The molecule has 0 radical (unpaired) electrons. The molecule has 1 spiro atoms. The molecule has 3 aliphatic rings. The number of ether oxygens (including phenoxy) is 1. The van der Waals surface area contributed by atoms with E-state index in [2.05, 4.69) is 10.6 Å². The van der Waals surface area contributed by atoms with Crippen LogP contribution in [0.15, 0.2) is 0 Å². The van der Waals surface area contributed by atoms with Crippen LogP contribution in [0.5, 0.6) is 0 Å². The van der Waals surface area contributed by atoms with Gasteiger partial charge in [-0.1, -0.05) is 13.8 Å². The van der Waals surface area contributed by atoms with Crippen molar-refractivity contribution in [1.29, 1.82) is 0 Å². The molecule has 2 saturated heterocycles. The Morgan fingerprint density at radius 1 is 0.833 bits per heavy atom. The third kappa shape index (κ3) is 3.46. The molecule has 106 valence electrons. The van der Waals surface area contributed by atoms with E-state index in [0.29, 0.717) is 17.6 Å². The fraction of sp³-hybridized carbons (Fsp3) is 1.00. The van der Waals surface area contributed by atoms with Gasteiger partial charge in [-0.05, 0) is 57.0 Å². The van der Waals surface area contributed by atoms with E-state index in [0.717, 1.165) is 13.1 Å². The molecule has 3 heteroatoms. The molecule has 3 fully saturated rings. The molecule has 2 heterocycles. The van der Waals surface area contributed by atoms with Gasteiger partial charge >= 0.3 is 0 Å². The Morgan fingerprint density at radius 3 is 1.89 bits per heavy atom. The molecular weight excluding hydrogens is 224 g/mol. The normalized spacial score (nSPS) is 28.3. The van der Waals surface area contributed by atoms with Gasteiger partial charge in [0.25, 0.3) is 0 Å². The third-order valence-corrected chi connectivity index (χ3v) is 4.66. The topological polar surface area (TPSA) is 33.3 Å². The van der Waals surface area contributed by atoms with Crippen LogP contribution in [0.3, 0.4) is 0 Å². The van der Waals surface area contributed by atoms with Crippen LogP contribution < -0.4 is 10.6 Å². The summed E-state index contributed by atoms with van der Waals surface area (Å²) < 4.78 is 6.23.